The number of hydrogen-bond donors (Lipinski definition) is 0. The fourth-order valence-corrected chi connectivity index (χ4v) is 1.31. The van der Waals surface area contributed by atoms with Gasteiger partial charge in [0.15, 0.2) is 0 Å². The summed E-state index contributed by atoms with van der Waals surface area (Å²) >= 11 is 11.5. The Balaban J connectivity index is 3.11. The lowest BCUT2D eigenvalue weighted by Crippen LogP contribution is -2.14. The van der Waals surface area contributed by atoms with E-state index in [-0.39, 0.29) is 0 Å². The molecular weight excluding hydrogens is 163 g/mol. The molecule has 0 aliphatic carbocycles. The zero-order valence-electron chi connectivity index (χ0n) is 5.08. The number of ether oxygens (including phenoxy) is 1. The minimum atomic E-state index is -1.86. The number of methoxy groups -OCH3 is 1. The van der Waals surface area contributed by atoms with Crippen LogP contribution in [0.1, 0.15) is 0 Å². The van der Waals surface area contributed by atoms with E-state index in [9.17, 15) is 0 Å². The zero-order valence-corrected chi connectivity index (χ0v) is 7.59. The van der Waals surface area contributed by atoms with Gasteiger partial charge in [-0.3, -0.25) is 0 Å². The Morgan fingerprint density at radius 3 is 2.12 bits per heavy atom. The number of rotatable bonds is 3. The summed E-state index contributed by atoms with van der Waals surface area (Å²) in [5, 5.41) is 0. The molecule has 0 rings (SSSR count). The number of halogens is 2. The van der Waals surface area contributed by atoms with E-state index >= 15 is 0 Å². The predicted molar refractivity (Wildman–Crippen MR) is 40.0 cm³/mol. The van der Waals surface area contributed by atoms with Crippen molar-refractivity contribution in [3.8, 4) is 0 Å². The van der Waals surface area contributed by atoms with Gasteiger partial charge in [0.2, 0.25) is 0 Å². The van der Waals surface area contributed by atoms with Gasteiger partial charge in [-0.25, -0.2) is 0 Å². The molecule has 0 radical (unpaired) electrons. The molecule has 0 bridgehead atoms. The standard InChI is InChI=1S/C4H10Cl2OSi/c1-7-3-4-8(2,5)6/h3-4H2,1-2H3. The van der Waals surface area contributed by atoms with Crippen LogP contribution >= 0.6 is 22.2 Å². The van der Waals surface area contributed by atoms with Crippen LogP contribution in [0.2, 0.25) is 12.6 Å². The van der Waals surface area contributed by atoms with Crippen molar-refractivity contribution in [2.75, 3.05) is 13.7 Å². The van der Waals surface area contributed by atoms with Crippen LogP contribution in [-0.4, -0.2) is 20.4 Å². The maximum Gasteiger partial charge on any atom is 0.250 e. The normalized spacial score (nSPS) is 12.0. The lowest BCUT2D eigenvalue weighted by molar-refractivity contribution is 0.215. The fourth-order valence-electron chi connectivity index (χ4n) is 0.281. The van der Waals surface area contributed by atoms with E-state index in [0.29, 0.717) is 6.61 Å². The van der Waals surface area contributed by atoms with Crippen molar-refractivity contribution in [3.63, 3.8) is 0 Å². The molecule has 0 aliphatic rings. The van der Waals surface area contributed by atoms with E-state index < -0.39 is 6.69 Å². The Hall–Kier alpha value is 0.757. The highest BCUT2D eigenvalue weighted by molar-refractivity contribution is 7.44. The third-order valence-electron chi connectivity index (χ3n) is 0.745. The topological polar surface area (TPSA) is 9.23 Å². The molecule has 8 heavy (non-hydrogen) atoms. The molecule has 0 saturated carbocycles. The molecule has 0 atom stereocenters. The largest absolute Gasteiger partial charge is 0.385 e. The van der Waals surface area contributed by atoms with E-state index in [1.807, 2.05) is 6.55 Å². The van der Waals surface area contributed by atoms with Gasteiger partial charge in [0.05, 0.1) is 0 Å². The molecule has 0 saturated heterocycles. The summed E-state index contributed by atoms with van der Waals surface area (Å²) in [6, 6.07) is 0.812. The molecule has 0 unspecified atom stereocenters. The fraction of sp³-hybridized carbons (Fsp3) is 1.00. The van der Waals surface area contributed by atoms with Gasteiger partial charge in [-0.2, -0.15) is 0 Å². The molecule has 50 valence electrons. The van der Waals surface area contributed by atoms with Crippen LogP contribution < -0.4 is 0 Å². The summed E-state index contributed by atoms with van der Waals surface area (Å²) in [7, 11) is 1.65. The highest BCUT2D eigenvalue weighted by Gasteiger charge is 2.19. The molecule has 0 aromatic heterocycles. The van der Waals surface area contributed by atoms with Gasteiger partial charge in [-0.1, -0.05) is 0 Å². The van der Waals surface area contributed by atoms with Crippen LogP contribution in [0.3, 0.4) is 0 Å². The molecule has 0 aromatic rings. The summed E-state index contributed by atoms with van der Waals surface area (Å²) in [6.45, 7) is 0.702. The van der Waals surface area contributed by atoms with Crippen LogP contribution in [0.25, 0.3) is 0 Å². The summed E-state index contributed by atoms with van der Waals surface area (Å²) in [5.74, 6) is 0. The molecule has 0 spiro atoms. The van der Waals surface area contributed by atoms with Crippen LogP contribution in [-0.2, 0) is 4.74 Å². The second kappa shape index (κ2) is 3.72. The van der Waals surface area contributed by atoms with Crippen molar-refractivity contribution in [2.24, 2.45) is 0 Å². The summed E-state index contributed by atoms with van der Waals surface area (Å²) < 4.78 is 4.78. The Bertz CT molecular complexity index is 61.5. The third-order valence-corrected chi connectivity index (χ3v) is 2.96. The summed E-state index contributed by atoms with van der Waals surface area (Å²) in [5.41, 5.74) is 0. The van der Waals surface area contributed by atoms with Gasteiger partial charge >= 0.3 is 0 Å². The highest BCUT2D eigenvalue weighted by atomic mass is 35.7. The molecule has 0 N–H and O–H groups in total. The van der Waals surface area contributed by atoms with Crippen molar-refractivity contribution in [2.45, 2.75) is 12.6 Å². The van der Waals surface area contributed by atoms with Crippen molar-refractivity contribution in [1.82, 2.24) is 0 Å². The SMILES string of the molecule is COCC[Si](C)(Cl)Cl. The van der Waals surface area contributed by atoms with Crippen LogP contribution in [0.5, 0.6) is 0 Å². The van der Waals surface area contributed by atoms with Crippen molar-refractivity contribution in [3.05, 3.63) is 0 Å². The van der Waals surface area contributed by atoms with Crippen LogP contribution in [0, 0.1) is 0 Å². The van der Waals surface area contributed by atoms with Gasteiger partial charge in [0, 0.05) is 13.7 Å². The van der Waals surface area contributed by atoms with Crippen molar-refractivity contribution < 1.29 is 4.74 Å². The Morgan fingerprint density at radius 1 is 1.50 bits per heavy atom. The number of hydrogen-bond acceptors (Lipinski definition) is 1. The molecular formula is C4H10Cl2OSi. The molecule has 0 fully saturated rings. The Morgan fingerprint density at radius 2 is 2.00 bits per heavy atom. The smallest absolute Gasteiger partial charge is 0.250 e. The Kier molecular flexibility index (Phi) is 4.07. The molecule has 0 aliphatic heterocycles. The first kappa shape index (κ1) is 8.76. The van der Waals surface area contributed by atoms with Crippen molar-refractivity contribution in [1.29, 1.82) is 0 Å². The molecule has 0 amide bonds. The summed E-state index contributed by atoms with van der Waals surface area (Å²) in [6.07, 6.45) is 0. The second-order valence-electron chi connectivity index (χ2n) is 1.81. The Labute approximate surface area is 60.3 Å². The minimum absolute atomic E-state index is 0.676. The monoisotopic (exact) mass is 172 g/mol. The van der Waals surface area contributed by atoms with Crippen LogP contribution in [0.15, 0.2) is 0 Å². The first-order valence-corrected chi connectivity index (χ1v) is 7.16. The quantitative estimate of drug-likeness (QED) is 0.469. The van der Waals surface area contributed by atoms with Gasteiger partial charge in [-0.05, 0) is 12.6 Å². The first-order valence-electron chi connectivity index (χ1n) is 2.43. The van der Waals surface area contributed by atoms with Gasteiger partial charge in [0.25, 0.3) is 6.69 Å². The molecule has 1 nitrogen and oxygen atoms in total. The van der Waals surface area contributed by atoms with Gasteiger partial charge in [-0.15, -0.1) is 22.2 Å². The summed E-state index contributed by atoms with van der Waals surface area (Å²) in [4.78, 5) is 0. The predicted octanol–water partition coefficient (Wildman–Crippen LogP) is 2.18. The zero-order chi connectivity index (χ0) is 6.62. The lowest BCUT2D eigenvalue weighted by atomic mass is 10.9. The van der Waals surface area contributed by atoms with E-state index in [1.165, 1.54) is 0 Å². The van der Waals surface area contributed by atoms with E-state index in [0.717, 1.165) is 6.04 Å². The molecule has 4 heteroatoms. The van der Waals surface area contributed by atoms with E-state index in [1.54, 1.807) is 7.11 Å². The second-order valence-corrected chi connectivity index (χ2v) is 10.0. The third kappa shape index (κ3) is 6.76. The maximum atomic E-state index is 5.74. The highest BCUT2D eigenvalue weighted by Crippen LogP contribution is 2.18. The molecule has 0 aromatic carbocycles. The first-order chi connectivity index (χ1) is 3.56. The van der Waals surface area contributed by atoms with E-state index in [2.05, 4.69) is 0 Å². The van der Waals surface area contributed by atoms with Gasteiger partial charge < -0.3 is 4.74 Å². The lowest BCUT2D eigenvalue weighted by Gasteiger charge is -2.07. The maximum absolute atomic E-state index is 5.74. The average molecular weight is 173 g/mol. The minimum Gasteiger partial charge on any atom is -0.385 e. The van der Waals surface area contributed by atoms with Crippen LogP contribution in [0.4, 0.5) is 0 Å². The van der Waals surface area contributed by atoms with E-state index in [4.69, 9.17) is 26.9 Å². The van der Waals surface area contributed by atoms with Gasteiger partial charge in [0.1, 0.15) is 0 Å². The van der Waals surface area contributed by atoms with Crippen molar-refractivity contribution >= 4 is 28.9 Å². The molecule has 0 heterocycles. The average Bonchev–Trinajstić information content (AvgIpc) is 1.59.